The van der Waals surface area contributed by atoms with Crippen molar-refractivity contribution in [2.45, 2.75) is 83.3 Å². The average molecular weight is 335 g/mol. The molecule has 0 spiro atoms. The summed E-state index contributed by atoms with van der Waals surface area (Å²) in [4.78, 5) is 0. The number of hydrogen-bond donors (Lipinski definition) is 3. The summed E-state index contributed by atoms with van der Waals surface area (Å²) in [6, 6.07) is 0. The number of fused-ring (bicyclic) bond motifs is 5. The largest absolute Gasteiger partial charge is 0.411 e. The highest BCUT2D eigenvalue weighted by Crippen LogP contribution is 2.68. The molecule has 0 amide bonds. The number of aliphatic hydroxyl groups excluding tert-OH is 1. The van der Waals surface area contributed by atoms with Gasteiger partial charge in [-0.1, -0.05) is 13.8 Å². The minimum Gasteiger partial charge on any atom is -0.411 e. The van der Waals surface area contributed by atoms with Crippen molar-refractivity contribution in [1.82, 2.24) is 0 Å². The van der Waals surface area contributed by atoms with Crippen LogP contribution >= 0.6 is 0 Å². The second-order valence-corrected chi connectivity index (χ2v) is 9.71. The van der Waals surface area contributed by atoms with Crippen LogP contribution in [0.15, 0.2) is 5.16 Å². The summed E-state index contributed by atoms with van der Waals surface area (Å²) in [6.45, 7) is 4.66. The van der Waals surface area contributed by atoms with Crippen LogP contribution in [0.25, 0.3) is 0 Å². The van der Waals surface area contributed by atoms with Gasteiger partial charge in [-0.05, 0) is 81.0 Å². The van der Waals surface area contributed by atoms with Crippen LogP contribution < -0.4 is 0 Å². The first kappa shape index (κ1) is 16.8. The Morgan fingerprint density at radius 1 is 0.958 bits per heavy atom. The van der Waals surface area contributed by atoms with Crippen LogP contribution in [0.2, 0.25) is 0 Å². The lowest BCUT2D eigenvalue weighted by molar-refractivity contribution is -0.206. The highest BCUT2D eigenvalue weighted by atomic mass is 16.4. The zero-order chi connectivity index (χ0) is 17.2. The Labute approximate surface area is 145 Å². The molecule has 0 aliphatic heterocycles. The second-order valence-electron chi connectivity index (χ2n) is 9.71. The molecule has 0 bridgehead atoms. The predicted molar refractivity (Wildman–Crippen MR) is 93.0 cm³/mol. The molecule has 8 atom stereocenters. The van der Waals surface area contributed by atoms with Gasteiger partial charge in [0.15, 0.2) is 0 Å². The number of nitrogens with zero attached hydrogens (tertiary/aromatic N) is 1. The molecule has 0 aromatic heterocycles. The van der Waals surface area contributed by atoms with Gasteiger partial charge in [0, 0.05) is 17.5 Å². The molecular weight excluding hydrogens is 302 g/mol. The molecule has 4 aliphatic rings. The van der Waals surface area contributed by atoms with E-state index in [9.17, 15) is 10.2 Å². The summed E-state index contributed by atoms with van der Waals surface area (Å²) in [6.07, 6.45) is 10.7. The molecule has 4 fully saturated rings. The monoisotopic (exact) mass is 335 g/mol. The van der Waals surface area contributed by atoms with E-state index in [1.165, 1.54) is 6.42 Å². The van der Waals surface area contributed by atoms with Crippen LogP contribution in [0.4, 0.5) is 0 Å². The quantitative estimate of drug-likeness (QED) is 0.389. The van der Waals surface area contributed by atoms with Crippen molar-refractivity contribution < 1.29 is 15.4 Å². The lowest BCUT2D eigenvalue weighted by atomic mass is 9.43. The molecule has 0 aromatic carbocycles. The van der Waals surface area contributed by atoms with Gasteiger partial charge >= 0.3 is 0 Å². The number of oxime groups is 1. The van der Waals surface area contributed by atoms with Crippen molar-refractivity contribution in [2.24, 2.45) is 39.7 Å². The third kappa shape index (κ3) is 2.02. The molecule has 4 nitrogen and oxygen atoms in total. The Kier molecular flexibility index (Phi) is 3.82. The van der Waals surface area contributed by atoms with Crippen molar-refractivity contribution in [3.8, 4) is 0 Å². The smallest absolute Gasteiger partial charge is 0.0738 e. The normalized spacial score (nSPS) is 57.4. The summed E-state index contributed by atoms with van der Waals surface area (Å²) < 4.78 is 0. The molecule has 4 heteroatoms. The summed E-state index contributed by atoms with van der Waals surface area (Å²) >= 11 is 0. The van der Waals surface area contributed by atoms with E-state index < -0.39 is 5.60 Å². The maximum Gasteiger partial charge on any atom is 0.0738 e. The van der Waals surface area contributed by atoms with E-state index in [0.717, 1.165) is 51.4 Å². The fourth-order valence-electron chi connectivity index (χ4n) is 7.56. The van der Waals surface area contributed by atoms with Crippen LogP contribution in [-0.4, -0.2) is 33.3 Å². The predicted octanol–water partition coefficient (Wildman–Crippen LogP) is 3.58. The van der Waals surface area contributed by atoms with E-state index >= 15 is 0 Å². The van der Waals surface area contributed by atoms with Gasteiger partial charge in [-0.2, -0.15) is 0 Å². The Morgan fingerprint density at radius 2 is 1.75 bits per heavy atom. The standard InChI is InChI=1S/C20H33NO3/c1-18-8-6-15(22)11-13(18)3-4-17-16(18)7-9-19(2)14(12-21-24)5-10-20(17,19)23/h12-17,22-24H,3-11H2,1-2H3/t13?,14?,15?,16-,17-,18+,19-,20-/m1/s1. The van der Waals surface area contributed by atoms with Crippen molar-refractivity contribution >= 4 is 6.21 Å². The van der Waals surface area contributed by atoms with Gasteiger partial charge in [-0.15, -0.1) is 5.16 Å². The van der Waals surface area contributed by atoms with E-state index in [-0.39, 0.29) is 22.9 Å². The Morgan fingerprint density at radius 3 is 2.50 bits per heavy atom. The molecule has 4 rings (SSSR count). The zero-order valence-electron chi connectivity index (χ0n) is 15.1. The van der Waals surface area contributed by atoms with Crippen molar-refractivity contribution in [2.75, 3.05) is 0 Å². The van der Waals surface area contributed by atoms with Crippen LogP contribution in [-0.2, 0) is 0 Å². The van der Waals surface area contributed by atoms with Gasteiger partial charge < -0.3 is 15.4 Å². The molecule has 0 aromatic rings. The lowest BCUT2D eigenvalue weighted by Crippen LogP contribution is -2.62. The average Bonchev–Trinajstić information content (AvgIpc) is 2.81. The van der Waals surface area contributed by atoms with Gasteiger partial charge in [0.2, 0.25) is 0 Å². The van der Waals surface area contributed by atoms with Gasteiger partial charge in [0.25, 0.3) is 0 Å². The Balaban J connectivity index is 1.66. The zero-order valence-corrected chi connectivity index (χ0v) is 15.1. The molecule has 3 unspecified atom stereocenters. The first-order valence-corrected chi connectivity index (χ1v) is 9.93. The van der Waals surface area contributed by atoms with Gasteiger partial charge in [-0.3, -0.25) is 0 Å². The Hall–Kier alpha value is -0.610. The van der Waals surface area contributed by atoms with Gasteiger partial charge in [-0.25, -0.2) is 0 Å². The number of aliphatic hydroxyl groups is 2. The van der Waals surface area contributed by atoms with E-state index in [1.54, 1.807) is 6.21 Å². The Bertz CT molecular complexity index is 537. The third-order valence-electron chi connectivity index (χ3n) is 9.14. The van der Waals surface area contributed by atoms with E-state index in [1.807, 2.05) is 0 Å². The van der Waals surface area contributed by atoms with Crippen molar-refractivity contribution in [3.63, 3.8) is 0 Å². The van der Waals surface area contributed by atoms with Crippen molar-refractivity contribution in [3.05, 3.63) is 0 Å². The van der Waals surface area contributed by atoms with Crippen LogP contribution in [0, 0.1) is 34.5 Å². The topological polar surface area (TPSA) is 73.1 Å². The van der Waals surface area contributed by atoms with Crippen molar-refractivity contribution in [1.29, 1.82) is 0 Å². The molecule has 0 heterocycles. The highest BCUT2D eigenvalue weighted by molar-refractivity contribution is 5.62. The summed E-state index contributed by atoms with van der Waals surface area (Å²) in [5, 5.41) is 34.3. The molecule has 4 aliphatic carbocycles. The van der Waals surface area contributed by atoms with Crippen LogP contribution in [0.5, 0.6) is 0 Å². The molecular formula is C20H33NO3. The fourth-order valence-corrected chi connectivity index (χ4v) is 7.56. The minimum absolute atomic E-state index is 0.117. The number of hydrogen-bond acceptors (Lipinski definition) is 4. The van der Waals surface area contributed by atoms with Gasteiger partial charge in [0.05, 0.1) is 11.7 Å². The molecule has 0 radical (unpaired) electrons. The highest BCUT2D eigenvalue weighted by Gasteiger charge is 2.66. The van der Waals surface area contributed by atoms with E-state index in [2.05, 4.69) is 19.0 Å². The summed E-state index contributed by atoms with van der Waals surface area (Å²) in [5.74, 6) is 1.75. The molecule has 3 N–H and O–H groups in total. The number of rotatable bonds is 1. The molecule has 136 valence electrons. The van der Waals surface area contributed by atoms with E-state index in [0.29, 0.717) is 17.8 Å². The second kappa shape index (κ2) is 5.44. The summed E-state index contributed by atoms with van der Waals surface area (Å²) in [7, 11) is 0. The maximum atomic E-state index is 11.8. The lowest BCUT2D eigenvalue weighted by Gasteiger charge is -2.63. The molecule has 24 heavy (non-hydrogen) atoms. The first-order chi connectivity index (χ1) is 11.3. The maximum absolute atomic E-state index is 11.8. The summed E-state index contributed by atoms with van der Waals surface area (Å²) in [5.41, 5.74) is -0.494. The molecule has 4 saturated carbocycles. The van der Waals surface area contributed by atoms with Crippen LogP contribution in [0.3, 0.4) is 0 Å². The van der Waals surface area contributed by atoms with E-state index in [4.69, 9.17) is 5.21 Å². The first-order valence-electron chi connectivity index (χ1n) is 9.93. The van der Waals surface area contributed by atoms with Crippen LogP contribution in [0.1, 0.15) is 71.6 Å². The SMILES string of the molecule is C[C@]12CCC(O)CC1CC[C@@H]1[C@H]2CC[C@]2(C)C(C=NO)CC[C@@]12O. The fraction of sp³-hybridized carbons (Fsp3) is 0.950. The third-order valence-corrected chi connectivity index (χ3v) is 9.14. The van der Waals surface area contributed by atoms with Gasteiger partial charge in [0.1, 0.15) is 0 Å². The minimum atomic E-state index is -0.619. The molecule has 0 saturated heterocycles.